The smallest absolute Gasteiger partial charge is 0.123 e. The van der Waals surface area contributed by atoms with Crippen molar-refractivity contribution < 1.29 is 4.39 Å². The van der Waals surface area contributed by atoms with Crippen LogP contribution in [0.5, 0.6) is 0 Å². The molecule has 0 aliphatic rings. The van der Waals surface area contributed by atoms with Crippen molar-refractivity contribution in [1.82, 2.24) is 10.2 Å². The van der Waals surface area contributed by atoms with Crippen molar-refractivity contribution >= 4 is 0 Å². The lowest BCUT2D eigenvalue weighted by atomic mass is 9.87. The van der Waals surface area contributed by atoms with Gasteiger partial charge in [-0.15, -0.1) is 0 Å². The van der Waals surface area contributed by atoms with Crippen molar-refractivity contribution in [3.8, 4) is 0 Å². The fourth-order valence-corrected chi connectivity index (χ4v) is 3.01. The highest BCUT2D eigenvalue weighted by Gasteiger charge is 2.33. The quantitative estimate of drug-likeness (QED) is 0.744. The maximum absolute atomic E-state index is 13.1. The molecule has 3 heteroatoms. The second kappa shape index (κ2) is 8.50. The summed E-state index contributed by atoms with van der Waals surface area (Å²) in [6.45, 7) is 14.3. The van der Waals surface area contributed by atoms with E-state index in [2.05, 4.69) is 44.8 Å². The van der Waals surface area contributed by atoms with E-state index in [-0.39, 0.29) is 11.4 Å². The van der Waals surface area contributed by atoms with Gasteiger partial charge < -0.3 is 5.32 Å². The number of likely N-dealkylation sites (N-methyl/N-ethyl adjacent to an activating group) is 1. The SMILES string of the molecule is CCCNC(Cc1ccc(F)cc1)C(C)(C)N(CC)CC. The first-order chi connectivity index (χ1) is 9.95. The number of nitrogens with zero attached hydrogens (tertiary/aromatic N) is 1. The highest BCUT2D eigenvalue weighted by Crippen LogP contribution is 2.22. The van der Waals surface area contributed by atoms with Crippen LogP contribution in [0.25, 0.3) is 0 Å². The van der Waals surface area contributed by atoms with E-state index < -0.39 is 0 Å². The van der Waals surface area contributed by atoms with Gasteiger partial charge in [-0.25, -0.2) is 4.39 Å². The first kappa shape index (κ1) is 18.1. The summed E-state index contributed by atoms with van der Waals surface area (Å²) in [5.41, 5.74) is 1.25. The van der Waals surface area contributed by atoms with Crippen LogP contribution in [0.15, 0.2) is 24.3 Å². The molecule has 21 heavy (non-hydrogen) atoms. The summed E-state index contributed by atoms with van der Waals surface area (Å²) in [6, 6.07) is 7.25. The molecule has 0 heterocycles. The molecule has 2 nitrogen and oxygen atoms in total. The van der Waals surface area contributed by atoms with E-state index in [1.165, 1.54) is 5.56 Å². The van der Waals surface area contributed by atoms with Gasteiger partial charge in [-0.05, 0) is 64.0 Å². The molecule has 1 aromatic carbocycles. The lowest BCUT2D eigenvalue weighted by Gasteiger charge is -2.44. The van der Waals surface area contributed by atoms with E-state index in [1.807, 2.05) is 12.1 Å². The maximum atomic E-state index is 13.1. The molecule has 0 amide bonds. The van der Waals surface area contributed by atoms with Crippen LogP contribution in [0.4, 0.5) is 4.39 Å². The van der Waals surface area contributed by atoms with Gasteiger partial charge in [0.1, 0.15) is 5.82 Å². The van der Waals surface area contributed by atoms with Gasteiger partial charge in [0.05, 0.1) is 0 Å². The second-order valence-corrected chi connectivity index (χ2v) is 6.16. The van der Waals surface area contributed by atoms with Crippen LogP contribution in [0, 0.1) is 5.82 Å². The fourth-order valence-electron chi connectivity index (χ4n) is 3.01. The third-order valence-corrected chi connectivity index (χ3v) is 4.43. The van der Waals surface area contributed by atoms with Crippen molar-refractivity contribution in [3.63, 3.8) is 0 Å². The Balaban J connectivity index is 2.90. The van der Waals surface area contributed by atoms with Crippen molar-refractivity contribution in [2.24, 2.45) is 0 Å². The molecule has 0 saturated heterocycles. The molecule has 0 saturated carbocycles. The van der Waals surface area contributed by atoms with Crippen LogP contribution in [-0.4, -0.2) is 36.1 Å². The summed E-state index contributed by atoms with van der Waals surface area (Å²) in [5, 5.41) is 3.69. The standard InChI is InChI=1S/C18H31FN2/c1-6-13-20-17(18(4,5)21(7-2)8-3)14-15-9-11-16(19)12-10-15/h9-12,17,20H,6-8,13-14H2,1-5H3. The summed E-state index contributed by atoms with van der Waals surface area (Å²) in [5.74, 6) is -0.167. The van der Waals surface area contributed by atoms with E-state index in [0.717, 1.165) is 32.5 Å². The van der Waals surface area contributed by atoms with Gasteiger partial charge in [0.25, 0.3) is 0 Å². The molecule has 1 N–H and O–H groups in total. The zero-order valence-electron chi connectivity index (χ0n) is 14.2. The number of nitrogens with one attached hydrogen (secondary N) is 1. The lowest BCUT2D eigenvalue weighted by Crippen LogP contribution is -2.58. The van der Waals surface area contributed by atoms with Gasteiger partial charge in [0, 0.05) is 11.6 Å². The predicted octanol–water partition coefficient (Wildman–Crippen LogP) is 3.86. The first-order valence-corrected chi connectivity index (χ1v) is 8.18. The molecule has 0 radical (unpaired) electrons. The van der Waals surface area contributed by atoms with Gasteiger partial charge in [-0.1, -0.05) is 32.9 Å². The van der Waals surface area contributed by atoms with Crippen LogP contribution in [-0.2, 0) is 6.42 Å². The van der Waals surface area contributed by atoms with Crippen molar-refractivity contribution in [2.45, 2.75) is 59.0 Å². The fraction of sp³-hybridized carbons (Fsp3) is 0.667. The van der Waals surface area contributed by atoms with Crippen LogP contribution < -0.4 is 5.32 Å². The zero-order valence-corrected chi connectivity index (χ0v) is 14.2. The van der Waals surface area contributed by atoms with E-state index >= 15 is 0 Å². The van der Waals surface area contributed by atoms with E-state index in [9.17, 15) is 4.39 Å². The number of hydrogen-bond donors (Lipinski definition) is 1. The molecule has 1 rings (SSSR count). The molecular weight excluding hydrogens is 263 g/mol. The van der Waals surface area contributed by atoms with Gasteiger partial charge in [-0.2, -0.15) is 0 Å². The van der Waals surface area contributed by atoms with Gasteiger partial charge >= 0.3 is 0 Å². The minimum Gasteiger partial charge on any atom is -0.312 e. The summed E-state index contributed by atoms with van der Waals surface area (Å²) in [6.07, 6.45) is 2.04. The molecule has 0 spiro atoms. The number of hydrogen-bond acceptors (Lipinski definition) is 2. The molecule has 1 unspecified atom stereocenters. The normalized spacial score (nSPS) is 13.7. The highest BCUT2D eigenvalue weighted by atomic mass is 19.1. The maximum Gasteiger partial charge on any atom is 0.123 e. The van der Waals surface area contributed by atoms with Crippen LogP contribution >= 0.6 is 0 Å². The summed E-state index contributed by atoms with van der Waals surface area (Å²) >= 11 is 0. The molecule has 0 fully saturated rings. The molecule has 0 aliphatic heterocycles. The Morgan fingerprint density at radius 3 is 2.14 bits per heavy atom. The van der Waals surface area contributed by atoms with Crippen LogP contribution in [0.1, 0.15) is 46.6 Å². The average molecular weight is 294 g/mol. The van der Waals surface area contributed by atoms with Crippen molar-refractivity contribution in [2.75, 3.05) is 19.6 Å². The van der Waals surface area contributed by atoms with Gasteiger partial charge in [-0.3, -0.25) is 4.90 Å². The number of rotatable bonds is 9. The lowest BCUT2D eigenvalue weighted by molar-refractivity contribution is 0.0911. The third-order valence-electron chi connectivity index (χ3n) is 4.43. The molecule has 0 bridgehead atoms. The Bertz CT molecular complexity index is 396. The largest absolute Gasteiger partial charge is 0.312 e. The summed E-state index contributed by atoms with van der Waals surface area (Å²) in [7, 11) is 0. The Hall–Kier alpha value is -0.930. The van der Waals surface area contributed by atoms with Gasteiger partial charge in [0.15, 0.2) is 0 Å². The Labute approximate surface area is 129 Å². The monoisotopic (exact) mass is 294 g/mol. The Kier molecular flexibility index (Phi) is 7.33. The zero-order chi connectivity index (χ0) is 15.9. The molecule has 0 aromatic heterocycles. The number of benzene rings is 1. The van der Waals surface area contributed by atoms with E-state index in [4.69, 9.17) is 0 Å². The topological polar surface area (TPSA) is 15.3 Å². The summed E-state index contributed by atoms with van der Waals surface area (Å²) in [4.78, 5) is 2.49. The molecule has 0 aliphatic carbocycles. The first-order valence-electron chi connectivity index (χ1n) is 8.18. The number of halogens is 1. The van der Waals surface area contributed by atoms with Crippen LogP contribution in [0.2, 0.25) is 0 Å². The average Bonchev–Trinajstić information content (AvgIpc) is 2.46. The second-order valence-electron chi connectivity index (χ2n) is 6.16. The van der Waals surface area contributed by atoms with E-state index in [0.29, 0.717) is 6.04 Å². The molecule has 1 aromatic rings. The Morgan fingerprint density at radius 1 is 1.10 bits per heavy atom. The molecule has 1 atom stereocenters. The summed E-state index contributed by atoms with van der Waals surface area (Å²) < 4.78 is 13.1. The third kappa shape index (κ3) is 5.08. The minimum atomic E-state index is -0.167. The van der Waals surface area contributed by atoms with Crippen molar-refractivity contribution in [1.29, 1.82) is 0 Å². The molecular formula is C18H31FN2. The van der Waals surface area contributed by atoms with Crippen LogP contribution in [0.3, 0.4) is 0 Å². The van der Waals surface area contributed by atoms with Crippen molar-refractivity contribution in [3.05, 3.63) is 35.6 Å². The molecule has 120 valence electrons. The highest BCUT2D eigenvalue weighted by molar-refractivity contribution is 5.18. The van der Waals surface area contributed by atoms with E-state index in [1.54, 1.807) is 12.1 Å². The van der Waals surface area contributed by atoms with Gasteiger partial charge in [0.2, 0.25) is 0 Å². The minimum absolute atomic E-state index is 0.0626. The predicted molar refractivity (Wildman–Crippen MR) is 89.2 cm³/mol. The Morgan fingerprint density at radius 2 is 1.67 bits per heavy atom.